The first kappa shape index (κ1) is 15.0. The zero-order valence-electron chi connectivity index (χ0n) is 11.3. The number of carbonyl (C=O) groups is 1. The monoisotopic (exact) mass is 335 g/mol. The maximum Gasteiger partial charge on any atom is 0.224 e. The molecule has 106 valence electrons. The van der Waals surface area contributed by atoms with Crippen molar-refractivity contribution in [2.75, 3.05) is 19.6 Å². The number of likely N-dealkylation sites (tertiary alicyclic amines) is 1. The van der Waals surface area contributed by atoms with Crippen molar-refractivity contribution >= 4 is 21.8 Å². The molecule has 0 aromatic heterocycles. The van der Waals surface area contributed by atoms with Gasteiger partial charge < -0.3 is 5.32 Å². The number of carbonyl (C=O) groups excluding carboxylic acids is 1. The van der Waals surface area contributed by atoms with Crippen LogP contribution >= 0.6 is 15.9 Å². The van der Waals surface area contributed by atoms with Crippen molar-refractivity contribution in [3.63, 3.8) is 0 Å². The van der Waals surface area contributed by atoms with E-state index in [9.17, 15) is 4.79 Å². The molecule has 1 aliphatic rings. The normalized spacial score (nSPS) is 16.6. The summed E-state index contributed by atoms with van der Waals surface area (Å²) in [7, 11) is 0. The molecule has 0 radical (unpaired) electrons. The number of nitriles is 1. The van der Waals surface area contributed by atoms with Gasteiger partial charge in [-0.1, -0.05) is 28.1 Å². The molecule has 1 aromatic rings. The van der Waals surface area contributed by atoms with Crippen molar-refractivity contribution in [1.29, 1.82) is 5.26 Å². The molecule has 1 aromatic carbocycles. The Labute approximate surface area is 127 Å². The highest BCUT2D eigenvalue weighted by Gasteiger charge is 2.20. The lowest BCUT2D eigenvalue weighted by molar-refractivity contribution is -0.121. The van der Waals surface area contributed by atoms with Crippen LogP contribution in [0.5, 0.6) is 0 Å². The summed E-state index contributed by atoms with van der Waals surface area (Å²) in [4.78, 5) is 14.1. The maximum atomic E-state index is 12.0. The minimum Gasteiger partial charge on any atom is -0.353 e. The summed E-state index contributed by atoms with van der Waals surface area (Å²) < 4.78 is 1.02. The molecule has 0 aliphatic carbocycles. The van der Waals surface area contributed by atoms with Gasteiger partial charge in [0.1, 0.15) is 0 Å². The summed E-state index contributed by atoms with van der Waals surface area (Å²) in [5, 5.41) is 11.7. The smallest absolute Gasteiger partial charge is 0.224 e. The molecule has 4 nitrogen and oxygen atoms in total. The van der Waals surface area contributed by atoms with Gasteiger partial charge in [0.25, 0.3) is 0 Å². The van der Waals surface area contributed by atoms with E-state index in [1.807, 2.05) is 24.3 Å². The maximum absolute atomic E-state index is 12.0. The summed E-state index contributed by atoms with van der Waals surface area (Å²) >= 11 is 3.38. The molecule has 0 spiro atoms. The minimum absolute atomic E-state index is 0.0751. The van der Waals surface area contributed by atoms with Gasteiger partial charge in [0.05, 0.1) is 19.0 Å². The Bertz CT molecular complexity index is 487. The molecule has 1 saturated heterocycles. The molecule has 0 bridgehead atoms. The molecule has 2 rings (SSSR count). The van der Waals surface area contributed by atoms with Crippen molar-refractivity contribution in [2.24, 2.45) is 0 Å². The van der Waals surface area contributed by atoms with E-state index in [-0.39, 0.29) is 11.9 Å². The highest BCUT2D eigenvalue weighted by atomic mass is 79.9. The van der Waals surface area contributed by atoms with Gasteiger partial charge in [0, 0.05) is 23.6 Å². The van der Waals surface area contributed by atoms with Crippen LogP contribution in [0, 0.1) is 11.3 Å². The molecule has 20 heavy (non-hydrogen) atoms. The number of amides is 1. The van der Waals surface area contributed by atoms with Gasteiger partial charge in [-0.25, -0.2) is 0 Å². The molecule has 1 fully saturated rings. The Morgan fingerprint density at radius 3 is 2.60 bits per heavy atom. The SMILES string of the molecule is N#CCN1CCC(NC(=O)Cc2ccc(Br)cc2)CC1. The Kier molecular flexibility index (Phi) is 5.57. The van der Waals surface area contributed by atoms with E-state index in [1.54, 1.807) is 0 Å². The number of halogens is 1. The predicted molar refractivity (Wildman–Crippen MR) is 81.1 cm³/mol. The van der Waals surface area contributed by atoms with Crippen LogP contribution in [0.25, 0.3) is 0 Å². The minimum atomic E-state index is 0.0751. The fourth-order valence-corrected chi connectivity index (χ4v) is 2.67. The standard InChI is InChI=1S/C15H18BrN3O/c16-13-3-1-12(2-4-13)11-15(20)18-14-5-8-19(9-6-14)10-7-17/h1-4,14H,5-6,8-11H2,(H,18,20). The van der Waals surface area contributed by atoms with Crippen LogP contribution in [0.4, 0.5) is 0 Å². The Hall–Kier alpha value is -1.38. The molecule has 1 aliphatic heterocycles. The van der Waals surface area contributed by atoms with Crippen molar-refractivity contribution in [1.82, 2.24) is 10.2 Å². The number of hydrogen-bond donors (Lipinski definition) is 1. The van der Waals surface area contributed by atoms with Crippen molar-refractivity contribution in [3.8, 4) is 6.07 Å². The van der Waals surface area contributed by atoms with Gasteiger partial charge in [-0.3, -0.25) is 9.69 Å². The lowest BCUT2D eigenvalue weighted by Gasteiger charge is -2.30. The van der Waals surface area contributed by atoms with Gasteiger partial charge in [0.2, 0.25) is 5.91 Å². The van der Waals surface area contributed by atoms with Crippen molar-refractivity contribution in [2.45, 2.75) is 25.3 Å². The van der Waals surface area contributed by atoms with Crippen molar-refractivity contribution in [3.05, 3.63) is 34.3 Å². The first-order chi connectivity index (χ1) is 9.67. The molecule has 1 N–H and O–H groups in total. The Morgan fingerprint density at radius 1 is 1.35 bits per heavy atom. The number of benzene rings is 1. The van der Waals surface area contributed by atoms with E-state index in [0.29, 0.717) is 13.0 Å². The van der Waals surface area contributed by atoms with E-state index in [0.717, 1.165) is 36.0 Å². The average molecular weight is 336 g/mol. The predicted octanol–water partition coefficient (Wildman–Crippen LogP) is 2.10. The van der Waals surface area contributed by atoms with E-state index in [4.69, 9.17) is 5.26 Å². The summed E-state index contributed by atoms with van der Waals surface area (Å²) in [5.41, 5.74) is 1.02. The molecule has 0 saturated carbocycles. The van der Waals surface area contributed by atoms with Crippen LogP contribution in [-0.4, -0.2) is 36.5 Å². The molecular weight excluding hydrogens is 318 g/mol. The lowest BCUT2D eigenvalue weighted by Crippen LogP contribution is -2.45. The quantitative estimate of drug-likeness (QED) is 0.857. The van der Waals surface area contributed by atoms with E-state index in [1.165, 1.54) is 0 Å². The Morgan fingerprint density at radius 2 is 2.00 bits per heavy atom. The summed E-state index contributed by atoms with van der Waals surface area (Å²) in [6, 6.07) is 10.2. The van der Waals surface area contributed by atoms with Crippen LogP contribution in [-0.2, 0) is 11.2 Å². The molecule has 0 atom stereocenters. The lowest BCUT2D eigenvalue weighted by atomic mass is 10.0. The first-order valence-corrected chi connectivity index (χ1v) is 7.60. The zero-order valence-corrected chi connectivity index (χ0v) is 12.9. The third-order valence-electron chi connectivity index (χ3n) is 3.52. The van der Waals surface area contributed by atoms with Gasteiger partial charge in [0.15, 0.2) is 0 Å². The molecular formula is C15H18BrN3O. The second kappa shape index (κ2) is 7.41. The van der Waals surface area contributed by atoms with Crippen LogP contribution in [0.1, 0.15) is 18.4 Å². The molecule has 0 unspecified atom stereocenters. The van der Waals surface area contributed by atoms with E-state index in [2.05, 4.69) is 32.2 Å². The van der Waals surface area contributed by atoms with Gasteiger partial charge >= 0.3 is 0 Å². The van der Waals surface area contributed by atoms with E-state index >= 15 is 0 Å². The van der Waals surface area contributed by atoms with E-state index < -0.39 is 0 Å². The molecule has 1 heterocycles. The third kappa shape index (κ3) is 4.62. The summed E-state index contributed by atoms with van der Waals surface area (Å²) in [6.45, 7) is 2.26. The number of piperidine rings is 1. The summed E-state index contributed by atoms with van der Waals surface area (Å²) in [5.74, 6) is 0.0751. The largest absolute Gasteiger partial charge is 0.353 e. The van der Waals surface area contributed by atoms with Gasteiger partial charge in [-0.05, 0) is 30.5 Å². The second-order valence-electron chi connectivity index (χ2n) is 5.08. The van der Waals surface area contributed by atoms with Crippen LogP contribution in [0.15, 0.2) is 28.7 Å². The number of hydrogen-bond acceptors (Lipinski definition) is 3. The average Bonchev–Trinajstić information content (AvgIpc) is 2.44. The number of nitrogens with zero attached hydrogens (tertiary/aromatic N) is 2. The zero-order chi connectivity index (χ0) is 14.4. The van der Waals surface area contributed by atoms with Crippen molar-refractivity contribution < 1.29 is 4.79 Å². The van der Waals surface area contributed by atoms with Crippen LogP contribution in [0.3, 0.4) is 0 Å². The summed E-state index contributed by atoms with van der Waals surface area (Å²) in [6.07, 6.45) is 2.27. The third-order valence-corrected chi connectivity index (χ3v) is 4.05. The second-order valence-corrected chi connectivity index (χ2v) is 5.99. The molecule has 1 amide bonds. The van der Waals surface area contributed by atoms with Gasteiger partial charge in [-0.15, -0.1) is 0 Å². The number of rotatable bonds is 4. The van der Waals surface area contributed by atoms with Crippen LogP contribution < -0.4 is 5.32 Å². The fourth-order valence-electron chi connectivity index (χ4n) is 2.40. The highest BCUT2D eigenvalue weighted by molar-refractivity contribution is 9.10. The number of nitrogens with one attached hydrogen (secondary N) is 1. The van der Waals surface area contributed by atoms with Crippen LogP contribution in [0.2, 0.25) is 0 Å². The van der Waals surface area contributed by atoms with Gasteiger partial charge in [-0.2, -0.15) is 5.26 Å². The first-order valence-electron chi connectivity index (χ1n) is 6.80. The molecule has 5 heteroatoms. The Balaban J connectivity index is 1.75. The highest BCUT2D eigenvalue weighted by Crippen LogP contribution is 2.12. The topological polar surface area (TPSA) is 56.1 Å². The fraction of sp³-hybridized carbons (Fsp3) is 0.467.